The normalized spacial score (nSPS) is 11.4. The van der Waals surface area contributed by atoms with Crippen molar-refractivity contribution in [1.29, 1.82) is 0 Å². The van der Waals surface area contributed by atoms with Gasteiger partial charge in [0.05, 0.1) is 5.56 Å². The van der Waals surface area contributed by atoms with E-state index < -0.39 is 11.2 Å². The van der Waals surface area contributed by atoms with E-state index in [1.165, 1.54) is 18.0 Å². The van der Waals surface area contributed by atoms with Gasteiger partial charge in [-0.25, -0.2) is 0 Å². The Morgan fingerprint density at radius 2 is 1.54 bits per heavy atom. The number of benzene rings is 2. The number of rotatable bonds is 5. The number of hydrazine groups is 1. The van der Waals surface area contributed by atoms with Crippen molar-refractivity contribution in [1.82, 2.24) is 15.8 Å². The van der Waals surface area contributed by atoms with Crippen LogP contribution in [0.1, 0.15) is 21.2 Å². The van der Waals surface area contributed by atoms with E-state index in [1.54, 1.807) is 18.3 Å². The molecule has 0 aliphatic rings. The molecule has 26 heavy (non-hydrogen) atoms. The molecule has 6 heteroatoms. The highest BCUT2D eigenvalue weighted by Crippen LogP contribution is 2.35. The fourth-order valence-corrected chi connectivity index (χ4v) is 3.33. The van der Waals surface area contributed by atoms with Crippen LogP contribution in [-0.2, 0) is 4.79 Å². The Bertz CT molecular complexity index is 858. The SMILES string of the molecule is O=C(NNC(=O)[C@@H](Sc1ccccc1)c1ccccc1)c1cccnc1. The molecule has 2 amide bonds. The molecular formula is C20H17N3O2S. The molecule has 3 rings (SSSR count). The van der Waals surface area contributed by atoms with Crippen LogP contribution in [0.15, 0.2) is 90.1 Å². The van der Waals surface area contributed by atoms with Crippen molar-refractivity contribution in [3.63, 3.8) is 0 Å². The molecule has 0 fully saturated rings. The number of carbonyl (C=O) groups excluding carboxylic acids is 2. The van der Waals surface area contributed by atoms with E-state index in [4.69, 9.17) is 0 Å². The zero-order valence-electron chi connectivity index (χ0n) is 13.8. The maximum absolute atomic E-state index is 12.7. The highest BCUT2D eigenvalue weighted by atomic mass is 32.2. The first kappa shape index (κ1) is 17.7. The summed E-state index contributed by atoms with van der Waals surface area (Å²) in [6.45, 7) is 0. The minimum Gasteiger partial charge on any atom is -0.272 e. The van der Waals surface area contributed by atoms with Gasteiger partial charge in [0, 0.05) is 17.3 Å². The number of pyridine rings is 1. The van der Waals surface area contributed by atoms with Crippen LogP contribution in [0.3, 0.4) is 0 Å². The molecule has 3 aromatic rings. The molecule has 0 bridgehead atoms. The van der Waals surface area contributed by atoms with Crippen molar-refractivity contribution in [2.45, 2.75) is 10.1 Å². The summed E-state index contributed by atoms with van der Waals surface area (Å²) in [5, 5.41) is -0.493. The summed E-state index contributed by atoms with van der Waals surface area (Å²) in [5.41, 5.74) is 6.19. The van der Waals surface area contributed by atoms with Crippen LogP contribution in [0.25, 0.3) is 0 Å². The Morgan fingerprint density at radius 3 is 2.19 bits per heavy atom. The third-order valence-electron chi connectivity index (χ3n) is 3.56. The van der Waals surface area contributed by atoms with E-state index in [9.17, 15) is 9.59 Å². The summed E-state index contributed by atoms with van der Waals surface area (Å²) in [4.78, 5) is 29.7. The van der Waals surface area contributed by atoms with Gasteiger partial charge in [0.2, 0.25) is 0 Å². The predicted molar refractivity (Wildman–Crippen MR) is 101 cm³/mol. The van der Waals surface area contributed by atoms with Crippen LogP contribution >= 0.6 is 11.8 Å². The largest absolute Gasteiger partial charge is 0.272 e. The van der Waals surface area contributed by atoms with Gasteiger partial charge in [0.25, 0.3) is 11.8 Å². The van der Waals surface area contributed by atoms with Crippen LogP contribution in [0.5, 0.6) is 0 Å². The number of thioether (sulfide) groups is 1. The highest BCUT2D eigenvalue weighted by Gasteiger charge is 2.22. The molecule has 0 saturated heterocycles. The first-order valence-electron chi connectivity index (χ1n) is 8.01. The zero-order chi connectivity index (χ0) is 18.2. The van der Waals surface area contributed by atoms with Gasteiger partial charge >= 0.3 is 0 Å². The summed E-state index contributed by atoms with van der Waals surface area (Å²) in [6.07, 6.45) is 3.02. The summed E-state index contributed by atoms with van der Waals surface area (Å²) in [7, 11) is 0. The van der Waals surface area contributed by atoms with Gasteiger partial charge in [0.1, 0.15) is 5.25 Å². The molecule has 5 nitrogen and oxygen atoms in total. The number of amides is 2. The fourth-order valence-electron chi connectivity index (χ4n) is 2.29. The smallest absolute Gasteiger partial charge is 0.271 e. The first-order chi connectivity index (χ1) is 12.7. The molecule has 0 saturated carbocycles. The van der Waals surface area contributed by atoms with Crippen molar-refractivity contribution in [2.75, 3.05) is 0 Å². The highest BCUT2D eigenvalue weighted by molar-refractivity contribution is 8.00. The zero-order valence-corrected chi connectivity index (χ0v) is 14.6. The standard InChI is InChI=1S/C20H17N3O2S/c24-19(16-10-7-13-21-14-16)22-23-20(25)18(15-8-3-1-4-9-15)26-17-11-5-2-6-12-17/h1-14,18H,(H,22,24)(H,23,25)/t18-/m0/s1. The van der Waals surface area contributed by atoms with Crippen LogP contribution in [-0.4, -0.2) is 16.8 Å². The van der Waals surface area contributed by atoms with E-state index >= 15 is 0 Å². The lowest BCUT2D eigenvalue weighted by molar-refractivity contribution is -0.121. The second-order valence-electron chi connectivity index (χ2n) is 5.41. The molecule has 0 spiro atoms. The third-order valence-corrected chi connectivity index (χ3v) is 4.83. The van der Waals surface area contributed by atoms with E-state index in [0.717, 1.165) is 10.5 Å². The quantitative estimate of drug-likeness (QED) is 0.538. The van der Waals surface area contributed by atoms with Gasteiger partial charge < -0.3 is 0 Å². The van der Waals surface area contributed by atoms with Gasteiger partial charge in [-0.05, 0) is 29.8 Å². The molecular weight excluding hydrogens is 346 g/mol. The summed E-state index contributed by atoms with van der Waals surface area (Å²) in [5.74, 6) is -0.717. The lowest BCUT2D eigenvalue weighted by Gasteiger charge is -2.17. The van der Waals surface area contributed by atoms with Crippen LogP contribution in [0.2, 0.25) is 0 Å². The third kappa shape index (κ3) is 4.70. The number of aromatic nitrogens is 1. The van der Waals surface area contributed by atoms with E-state index in [1.807, 2.05) is 60.7 Å². The fraction of sp³-hybridized carbons (Fsp3) is 0.0500. The van der Waals surface area contributed by atoms with E-state index in [-0.39, 0.29) is 5.91 Å². The molecule has 0 unspecified atom stereocenters. The Balaban J connectivity index is 1.72. The lowest BCUT2D eigenvalue weighted by Crippen LogP contribution is -2.43. The molecule has 1 heterocycles. The van der Waals surface area contributed by atoms with Crippen molar-refractivity contribution in [3.8, 4) is 0 Å². The average molecular weight is 363 g/mol. The predicted octanol–water partition coefficient (Wildman–Crippen LogP) is 3.38. The molecule has 0 radical (unpaired) electrons. The van der Waals surface area contributed by atoms with Crippen molar-refractivity contribution < 1.29 is 9.59 Å². The van der Waals surface area contributed by atoms with E-state index in [0.29, 0.717) is 5.56 Å². The lowest BCUT2D eigenvalue weighted by atomic mass is 10.1. The Hall–Kier alpha value is -3.12. The second-order valence-corrected chi connectivity index (χ2v) is 6.59. The molecule has 2 aromatic carbocycles. The van der Waals surface area contributed by atoms with Gasteiger partial charge in [-0.2, -0.15) is 0 Å². The summed E-state index contributed by atoms with van der Waals surface area (Å²) in [6, 6.07) is 22.4. The minimum atomic E-state index is -0.493. The van der Waals surface area contributed by atoms with Gasteiger partial charge in [-0.1, -0.05) is 48.5 Å². The molecule has 0 aliphatic carbocycles. The Labute approximate surface area is 155 Å². The van der Waals surface area contributed by atoms with E-state index in [2.05, 4.69) is 15.8 Å². The van der Waals surface area contributed by atoms with Crippen molar-refractivity contribution in [3.05, 3.63) is 96.3 Å². The molecule has 2 N–H and O–H groups in total. The molecule has 1 atom stereocenters. The van der Waals surface area contributed by atoms with Crippen LogP contribution < -0.4 is 10.9 Å². The molecule has 1 aromatic heterocycles. The first-order valence-corrected chi connectivity index (χ1v) is 8.89. The number of hydrogen-bond donors (Lipinski definition) is 2. The van der Waals surface area contributed by atoms with Gasteiger partial charge in [-0.15, -0.1) is 11.8 Å². The van der Waals surface area contributed by atoms with Crippen LogP contribution in [0.4, 0.5) is 0 Å². The monoisotopic (exact) mass is 363 g/mol. The Morgan fingerprint density at radius 1 is 0.846 bits per heavy atom. The number of nitrogens with one attached hydrogen (secondary N) is 2. The van der Waals surface area contributed by atoms with Gasteiger partial charge in [0.15, 0.2) is 0 Å². The van der Waals surface area contributed by atoms with Gasteiger partial charge in [-0.3, -0.25) is 25.4 Å². The maximum Gasteiger partial charge on any atom is 0.271 e. The topological polar surface area (TPSA) is 71.1 Å². The summed E-state index contributed by atoms with van der Waals surface area (Å²) < 4.78 is 0. The maximum atomic E-state index is 12.7. The summed E-state index contributed by atoms with van der Waals surface area (Å²) >= 11 is 1.42. The second kappa shape index (κ2) is 8.82. The molecule has 0 aliphatic heterocycles. The average Bonchev–Trinajstić information content (AvgIpc) is 2.72. The number of nitrogens with zero attached hydrogens (tertiary/aromatic N) is 1. The van der Waals surface area contributed by atoms with Crippen molar-refractivity contribution in [2.24, 2.45) is 0 Å². The Kier molecular flexibility index (Phi) is 6.01. The molecule has 130 valence electrons. The number of carbonyl (C=O) groups is 2. The van der Waals surface area contributed by atoms with Crippen molar-refractivity contribution >= 4 is 23.6 Å². The minimum absolute atomic E-state index is 0.303. The van der Waals surface area contributed by atoms with Crippen LogP contribution in [0, 0.1) is 0 Å². The number of hydrogen-bond acceptors (Lipinski definition) is 4.